The van der Waals surface area contributed by atoms with Gasteiger partial charge in [-0.05, 0) is 29.5 Å². The van der Waals surface area contributed by atoms with E-state index in [1.165, 1.54) is 0 Å². The Kier molecular flexibility index (Phi) is 3.08. The first-order valence-corrected chi connectivity index (χ1v) is 3.84. The van der Waals surface area contributed by atoms with Crippen molar-refractivity contribution in [2.24, 2.45) is 5.73 Å². The Balaban J connectivity index is 2.78. The smallest absolute Gasteiger partial charge is 0.248 e. The van der Waals surface area contributed by atoms with Crippen molar-refractivity contribution in [3.05, 3.63) is 35.4 Å². The van der Waals surface area contributed by atoms with Crippen LogP contribution in [-0.4, -0.2) is 5.91 Å². The van der Waals surface area contributed by atoms with Gasteiger partial charge in [0, 0.05) is 12.1 Å². The van der Waals surface area contributed by atoms with Crippen LogP contribution in [0.2, 0.25) is 0 Å². The van der Waals surface area contributed by atoms with Crippen LogP contribution in [0.5, 0.6) is 0 Å². The van der Waals surface area contributed by atoms with E-state index in [1.54, 1.807) is 24.3 Å². The molecule has 1 amide bonds. The van der Waals surface area contributed by atoms with Crippen LogP contribution in [0.3, 0.4) is 0 Å². The molecule has 0 unspecified atom stereocenters. The number of amides is 1. The van der Waals surface area contributed by atoms with E-state index >= 15 is 0 Å². The zero-order valence-electron chi connectivity index (χ0n) is 6.38. The summed E-state index contributed by atoms with van der Waals surface area (Å²) in [6.45, 7) is 0.570. The van der Waals surface area contributed by atoms with Crippen LogP contribution in [0.15, 0.2) is 24.3 Å². The molecular weight excluding hydrogens is 176 g/mol. The van der Waals surface area contributed by atoms with Crippen LogP contribution < -0.4 is 10.6 Å². The second-order valence-electron chi connectivity index (χ2n) is 2.37. The zero-order chi connectivity index (χ0) is 8.97. The molecule has 1 aromatic rings. The van der Waals surface area contributed by atoms with Crippen molar-refractivity contribution in [2.45, 2.75) is 6.54 Å². The summed E-state index contributed by atoms with van der Waals surface area (Å²) in [5.41, 5.74) is 6.57. The van der Waals surface area contributed by atoms with Crippen LogP contribution in [0.1, 0.15) is 15.9 Å². The third-order valence-electron chi connectivity index (χ3n) is 1.51. The minimum atomic E-state index is -0.416. The van der Waals surface area contributed by atoms with Crippen molar-refractivity contribution >= 4 is 17.7 Å². The van der Waals surface area contributed by atoms with Gasteiger partial charge in [0.1, 0.15) is 0 Å². The molecule has 64 valence electrons. The molecule has 0 aromatic heterocycles. The monoisotopic (exact) mass is 184 g/mol. The Morgan fingerprint density at radius 1 is 1.42 bits per heavy atom. The number of halogens is 1. The van der Waals surface area contributed by atoms with Crippen LogP contribution in [-0.2, 0) is 6.54 Å². The van der Waals surface area contributed by atoms with E-state index in [-0.39, 0.29) is 0 Å². The second-order valence-corrected chi connectivity index (χ2v) is 2.64. The first kappa shape index (κ1) is 9.03. The number of benzene rings is 1. The Labute approximate surface area is 75.6 Å². The van der Waals surface area contributed by atoms with Crippen LogP contribution in [0.4, 0.5) is 0 Å². The summed E-state index contributed by atoms with van der Waals surface area (Å²) in [4.78, 5) is 13.1. The van der Waals surface area contributed by atoms with E-state index in [0.29, 0.717) is 12.1 Å². The maximum absolute atomic E-state index is 10.7. The Morgan fingerprint density at radius 3 is 2.42 bits per heavy atom. The molecule has 0 saturated carbocycles. The summed E-state index contributed by atoms with van der Waals surface area (Å²) in [5.74, 6) is -0.416. The fourth-order valence-corrected chi connectivity index (χ4v) is 1.02. The minimum Gasteiger partial charge on any atom is -0.366 e. The summed E-state index contributed by atoms with van der Waals surface area (Å²) < 4.78 is 0. The van der Waals surface area contributed by atoms with Crippen LogP contribution in [0, 0.1) is 0 Å². The molecule has 12 heavy (non-hydrogen) atoms. The summed E-state index contributed by atoms with van der Waals surface area (Å²) >= 11 is 5.30. The topological polar surface area (TPSA) is 55.1 Å². The van der Waals surface area contributed by atoms with Gasteiger partial charge < -0.3 is 5.73 Å². The molecule has 1 rings (SSSR count). The number of carbonyl (C=O) groups excluding carboxylic acids is 1. The Hall–Kier alpha value is -1.06. The molecule has 0 heterocycles. The molecule has 3 nitrogen and oxygen atoms in total. The third kappa shape index (κ3) is 2.22. The molecule has 0 aliphatic heterocycles. The van der Waals surface area contributed by atoms with Gasteiger partial charge in [0.15, 0.2) is 0 Å². The quantitative estimate of drug-likeness (QED) is 0.690. The first-order chi connectivity index (χ1) is 5.74. The average molecular weight is 185 g/mol. The Bertz CT molecular complexity index is 271. The van der Waals surface area contributed by atoms with Gasteiger partial charge in [-0.25, -0.2) is 4.84 Å². The standard InChI is InChI=1S/C8H9ClN2O/c9-11-5-6-1-3-7(4-2-6)8(10)12/h1-4,11H,5H2,(H2,10,12). The number of primary amides is 1. The summed E-state index contributed by atoms with van der Waals surface area (Å²) in [6.07, 6.45) is 0. The van der Waals surface area contributed by atoms with E-state index < -0.39 is 5.91 Å². The molecule has 0 saturated heterocycles. The number of nitrogens with two attached hydrogens (primary N) is 1. The largest absolute Gasteiger partial charge is 0.366 e. The maximum Gasteiger partial charge on any atom is 0.248 e. The number of carbonyl (C=O) groups is 1. The number of nitrogens with one attached hydrogen (secondary N) is 1. The summed E-state index contributed by atoms with van der Waals surface area (Å²) in [5, 5.41) is 0. The lowest BCUT2D eigenvalue weighted by Crippen LogP contribution is -2.10. The van der Waals surface area contributed by atoms with Gasteiger partial charge in [-0.2, -0.15) is 0 Å². The van der Waals surface area contributed by atoms with Gasteiger partial charge in [-0.1, -0.05) is 12.1 Å². The normalized spacial score (nSPS) is 9.75. The molecule has 0 fully saturated rings. The van der Waals surface area contributed by atoms with E-state index in [9.17, 15) is 4.79 Å². The third-order valence-corrected chi connectivity index (χ3v) is 1.64. The van der Waals surface area contributed by atoms with E-state index in [1.807, 2.05) is 0 Å². The van der Waals surface area contributed by atoms with Gasteiger partial charge in [-0.15, -0.1) is 0 Å². The highest BCUT2D eigenvalue weighted by molar-refractivity contribution is 6.13. The van der Waals surface area contributed by atoms with Crippen molar-refractivity contribution in [3.8, 4) is 0 Å². The van der Waals surface area contributed by atoms with Gasteiger partial charge in [0.05, 0.1) is 0 Å². The van der Waals surface area contributed by atoms with Crippen molar-refractivity contribution in [1.29, 1.82) is 0 Å². The molecule has 3 N–H and O–H groups in total. The lowest BCUT2D eigenvalue weighted by Gasteiger charge is -1.98. The minimum absolute atomic E-state index is 0.416. The van der Waals surface area contributed by atoms with E-state index in [0.717, 1.165) is 5.56 Å². The zero-order valence-corrected chi connectivity index (χ0v) is 7.14. The predicted octanol–water partition coefficient (Wildman–Crippen LogP) is 1.03. The summed E-state index contributed by atoms with van der Waals surface area (Å²) in [6, 6.07) is 6.95. The molecule has 0 radical (unpaired) electrons. The van der Waals surface area contributed by atoms with Crippen molar-refractivity contribution in [2.75, 3.05) is 0 Å². The highest BCUT2D eigenvalue weighted by Crippen LogP contribution is 2.03. The fraction of sp³-hybridized carbons (Fsp3) is 0.125. The van der Waals surface area contributed by atoms with Crippen molar-refractivity contribution in [1.82, 2.24) is 4.84 Å². The van der Waals surface area contributed by atoms with Gasteiger partial charge in [0.2, 0.25) is 5.91 Å². The van der Waals surface area contributed by atoms with Crippen molar-refractivity contribution < 1.29 is 4.79 Å². The molecule has 0 aliphatic carbocycles. The number of hydrogen-bond acceptors (Lipinski definition) is 2. The average Bonchev–Trinajstić information content (AvgIpc) is 2.06. The second kappa shape index (κ2) is 4.09. The molecule has 4 heteroatoms. The van der Waals surface area contributed by atoms with Crippen LogP contribution >= 0.6 is 11.8 Å². The van der Waals surface area contributed by atoms with Crippen LogP contribution in [0.25, 0.3) is 0 Å². The van der Waals surface area contributed by atoms with E-state index in [4.69, 9.17) is 17.5 Å². The molecule has 1 aromatic carbocycles. The highest BCUT2D eigenvalue weighted by atomic mass is 35.5. The molecule has 0 aliphatic rings. The molecule has 0 atom stereocenters. The Morgan fingerprint density at radius 2 is 2.00 bits per heavy atom. The first-order valence-electron chi connectivity index (χ1n) is 3.46. The molecular formula is C8H9ClN2O. The number of rotatable bonds is 3. The highest BCUT2D eigenvalue weighted by Gasteiger charge is 1.98. The summed E-state index contributed by atoms with van der Waals surface area (Å²) in [7, 11) is 0. The predicted molar refractivity (Wildman–Crippen MR) is 47.7 cm³/mol. The molecule has 0 bridgehead atoms. The van der Waals surface area contributed by atoms with Gasteiger partial charge in [0.25, 0.3) is 0 Å². The lowest BCUT2D eigenvalue weighted by molar-refractivity contribution is 0.100. The lowest BCUT2D eigenvalue weighted by atomic mass is 10.1. The van der Waals surface area contributed by atoms with E-state index in [2.05, 4.69) is 4.84 Å². The van der Waals surface area contributed by atoms with Gasteiger partial charge in [-0.3, -0.25) is 4.79 Å². The number of hydrogen-bond donors (Lipinski definition) is 2. The fourth-order valence-electron chi connectivity index (χ4n) is 0.864. The van der Waals surface area contributed by atoms with Crippen molar-refractivity contribution in [3.63, 3.8) is 0 Å². The maximum atomic E-state index is 10.7. The SMILES string of the molecule is NC(=O)c1ccc(CNCl)cc1. The molecule has 0 spiro atoms. The van der Waals surface area contributed by atoms with Gasteiger partial charge >= 0.3 is 0 Å².